The highest BCUT2D eigenvalue weighted by Crippen LogP contribution is 2.23. The minimum atomic E-state index is -0.105. The van der Waals surface area contributed by atoms with Crippen molar-refractivity contribution in [3.63, 3.8) is 0 Å². The Labute approximate surface area is 80.3 Å². The fourth-order valence-electron chi connectivity index (χ4n) is 2.01. The molecule has 0 bridgehead atoms. The topological polar surface area (TPSA) is 46.3 Å². The summed E-state index contributed by atoms with van der Waals surface area (Å²) in [5, 5.41) is 0. The van der Waals surface area contributed by atoms with E-state index in [-0.39, 0.29) is 11.4 Å². The van der Waals surface area contributed by atoms with Crippen LogP contribution in [0.5, 0.6) is 0 Å². The summed E-state index contributed by atoms with van der Waals surface area (Å²) in [5.74, 6) is 0.855. The monoisotopic (exact) mass is 184 g/mol. The van der Waals surface area contributed by atoms with E-state index in [0.717, 1.165) is 19.4 Å². The quantitative estimate of drug-likeness (QED) is 0.695. The molecule has 0 aromatic heterocycles. The Hall–Kier alpha value is -0.570. The van der Waals surface area contributed by atoms with E-state index in [1.807, 2.05) is 25.8 Å². The molecular formula is C10H20N2O. The number of rotatable bonds is 2. The van der Waals surface area contributed by atoms with E-state index in [9.17, 15) is 4.79 Å². The van der Waals surface area contributed by atoms with E-state index in [1.54, 1.807) is 0 Å². The van der Waals surface area contributed by atoms with E-state index in [1.165, 1.54) is 0 Å². The Bertz CT molecular complexity index is 196. The van der Waals surface area contributed by atoms with Gasteiger partial charge >= 0.3 is 0 Å². The second kappa shape index (κ2) is 3.66. The second-order valence-corrected chi connectivity index (χ2v) is 4.87. The Morgan fingerprint density at radius 1 is 1.62 bits per heavy atom. The molecule has 1 atom stereocenters. The number of carbonyl (C=O) groups is 1. The molecule has 0 radical (unpaired) electrons. The van der Waals surface area contributed by atoms with E-state index < -0.39 is 0 Å². The molecule has 1 saturated heterocycles. The molecule has 0 unspecified atom stereocenters. The maximum atomic E-state index is 11.2. The Morgan fingerprint density at radius 3 is 2.69 bits per heavy atom. The Morgan fingerprint density at radius 2 is 2.23 bits per heavy atom. The lowest BCUT2D eigenvalue weighted by atomic mass is 9.86. The molecule has 1 fully saturated rings. The van der Waals surface area contributed by atoms with Crippen LogP contribution in [0.3, 0.4) is 0 Å². The summed E-state index contributed by atoms with van der Waals surface area (Å²) in [6.07, 6.45) is 2.70. The number of piperidine rings is 1. The van der Waals surface area contributed by atoms with Gasteiger partial charge in [0.05, 0.1) is 0 Å². The standard InChI is InChI=1S/C10H20N2O/c1-10(2,11)6-8-4-5-9(13)12(3)7-8/h8H,4-7,11H2,1-3H3/t8-/m1/s1. The van der Waals surface area contributed by atoms with Crippen LogP contribution in [-0.2, 0) is 4.79 Å². The fraction of sp³-hybridized carbons (Fsp3) is 0.900. The number of nitrogens with zero attached hydrogens (tertiary/aromatic N) is 1. The first-order valence-corrected chi connectivity index (χ1v) is 4.91. The summed E-state index contributed by atoms with van der Waals surface area (Å²) in [6.45, 7) is 4.96. The Kier molecular flexibility index (Phi) is 2.96. The lowest BCUT2D eigenvalue weighted by molar-refractivity contribution is -0.133. The van der Waals surface area contributed by atoms with Crippen molar-refractivity contribution in [1.82, 2.24) is 4.90 Å². The normalized spacial score (nSPS) is 25.1. The van der Waals surface area contributed by atoms with Gasteiger partial charge in [0.1, 0.15) is 0 Å². The molecule has 0 aliphatic carbocycles. The first-order chi connectivity index (χ1) is 5.88. The minimum Gasteiger partial charge on any atom is -0.345 e. The lowest BCUT2D eigenvalue weighted by Gasteiger charge is -2.33. The van der Waals surface area contributed by atoms with Gasteiger partial charge in [-0.2, -0.15) is 0 Å². The van der Waals surface area contributed by atoms with Crippen molar-refractivity contribution >= 4 is 5.91 Å². The molecule has 3 heteroatoms. The summed E-state index contributed by atoms with van der Waals surface area (Å²) < 4.78 is 0. The molecule has 1 heterocycles. The average molecular weight is 184 g/mol. The van der Waals surface area contributed by atoms with Crippen LogP contribution in [0.4, 0.5) is 0 Å². The zero-order chi connectivity index (χ0) is 10.1. The number of hydrogen-bond donors (Lipinski definition) is 1. The van der Waals surface area contributed by atoms with E-state index in [4.69, 9.17) is 5.73 Å². The van der Waals surface area contributed by atoms with Crippen molar-refractivity contribution < 1.29 is 4.79 Å². The summed E-state index contributed by atoms with van der Waals surface area (Å²) in [5.41, 5.74) is 5.84. The van der Waals surface area contributed by atoms with E-state index in [0.29, 0.717) is 12.3 Å². The number of likely N-dealkylation sites (tertiary alicyclic amines) is 1. The zero-order valence-corrected chi connectivity index (χ0v) is 8.84. The predicted octanol–water partition coefficient (Wildman–Crippen LogP) is 0.982. The van der Waals surface area contributed by atoms with Crippen molar-refractivity contribution in [3.05, 3.63) is 0 Å². The van der Waals surface area contributed by atoms with Crippen LogP contribution in [0.2, 0.25) is 0 Å². The van der Waals surface area contributed by atoms with Crippen molar-refractivity contribution in [2.75, 3.05) is 13.6 Å². The third kappa shape index (κ3) is 3.35. The first kappa shape index (κ1) is 10.5. The molecule has 3 nitrogen and oxygen atoms in total. The van der Waals surface area contributed by atoms with Crippen LogP contribution in [-0.4, -0.2) is 29.9 Å². The van der Waals surface area contributed by atoms with Gasteiger partial charge in [-0.25, -0.2) is 0 Å². The van der Waals surface area contributed by atoms with Gasteiger partial charge in [-0.3, -0.25) is 4.79 Å². The van der Waals surface area contributed by atoms with Crippen LogP contribution >= 0.6 is 0 Å². The van der Waals surface area contributed by atoms with Gasteiger partial charge in [0.2, 0.25) is 5.91 Å². The molecular weight excluding hydrogens is 164 g/mol. The zero-order valence-electron chi connectivity index (χ0n) is 8.84. The molecule has 0 spiro atoms. The van der Waals surface area contributed by atoms with Crippen molar-refractivity contribution in [2.45, 2.75) is 38.6 Å². The summed E-state index contributed by atoms with van der Waals surface area (Å²) in [4.78, 5) is 13.0. The van der Waals surface area contributed by atoms with E-state index >= 15 is 0 Å². The van der Waals surface area contributed by atoms with Gasteiger partial charge in [-0.05, 0) is 32.6 Å². The predicted molar refractivity (Wildman–Crippen MR) is 53.2 cm³/mol. The fourth-order valence-corrected chi connectivity index (χ4v) is 2.01. The molecule has 1 amide bonds. The number of hydrogen-bond acceptors (Lipinski definition) is 2. The maximum Gasteiger partial charge on any atom is 0.222 e. The van der Waals surface area contributed by atoms with Gasteiger partial charge in [-0.15, -0.1) is 0 Å². The third-order valence-electron chi connectivity index (χ3n) is 2.54. The Balaban J connectivity index is 2.42. The van der Waals surface area contributed by atoms with Crippen LogP contribution < -0.4 is 5.73 Å². The second-order valence-electron chi connectivity index (χ2n) is 4.87. The van der Waals surface area contributed by atoms with Crippen molar-refractivity contribution in [2.24, 2.45) is 11.7 Å². The van der Waals surface area contributed by atoms with Crippen LogP contribution in [0.25, 0.3) is 0 Å². The molecule has 0 aromatic carbocycles. The lowest BCUT2D eigenvalue weighted by Crippen LogP contribution is -2.42. The van der Waals surface area contributed by atoms with Crippen LogP contribution in [0.1, 0.15) is 33.1 Å². The number of carbonyl (C=O) groups excluding carboxylic acids is 1. The van der Waals surface area contributed by atoms with Crippen molar-refractivity contribution in [1.29, 1.82) is 0 Å². The highest BCUT2D eigenvalue weighted by molar-refractivity contribution is 5.76. The molecule has 0 aromatic rings. The van der Waals surface area contributed by atoms with E-state index in [2.05, 4.69) is 0 Å². The minimum absolute atomic E-state index is 0.105. The molecule has 1 aliphatic heterocycles. The summed E-state index contributed by atoms with van der Waals surface area (Å²) in [6, 6.07) is 0. The van der Waals surface area contributed by atoms with Gasteiger partial charge in [-0.1, -0.05) is 0 Å². The highest BCUT2D eigenvalue weighted by Gasteiger charge is 2.26. The van der Waals surface area contributed by atoms with Gasteiger partial charge in [0, 0.05) is 25.6 Å². The van der Waals surface area contributed by atoms with Crippen LogP contribution in [0, 0.1) is 5.92 Å². The van der Waals surface area contributed by atoms with Crippen LogP contribution in [0.15, 0.2) is 0 Å². The molecule has 2 N–H and O–H groups in total. The largest absolute Gasteiger partial charge is 0.345 e. The third-order valence-corrected chi connectivity index (χ3v) is 2.54. The maximum absolute atomic E-state index is 11.2. The van der Waals surface area contributed by atoms with Gasteiger partial charge in [0.25, 0.3) is 0 Å². The molecule has 1 aliphatic rings. The van der Waals surface area contributed by atoms with Gasteiger partial charge in [0.15, 0.2) is 0 Å². The molecule has 1 rings (SSSR count). The molecule has 76 valence electrons. The molecule has 0 saturated carbocycles. The SMILES string of the molecule is CN1C[C@@H](CC(C)(C)N)CCC1=O. The van der Waals surface area contributed by atoms with Gasteiger partial charge < -0.3 is 10.6 Å². The summed E-state index contributed by atoms with van der Waals surface area (Å²) >= 11 is 0. The average Bonchev–Trinajstić information content (AvgIpc) is 1.94. The molecule has 13 heavy (non-hydrogen) atoms. The van der Waals surface area contributed by atoms with Crippen molar-refractivity contribution in [3.8, 4) is 0 Å². The number of nitrogens with two attached hydrogens (primary N) is 1. The summed E-state index contributed by atoms with van der Waals surface area (Å²) in [7, 11) is 1.87. The smallest absolute Gasteiger partial charge is 0.222 e. The highest BCUT2D eigenvalue weighted by atomic mass is 16.2. The first-order valence-electron chi connectivity index (χ1n) is 4.91. The number of amides is 1.